The molecule has 0 aliphatic carbocycles. The highest BCUT2D eigenvalue weighted by molar-refractivity contribution is 5.80. The van der Waals surface area contributed by atoms with Gasteiger partial charge in [0.05, 0.1) is 35.0 Å². The minimum atomic E-state index is -1.01. The third-order valence-corrected chi connectivity index (χ3v) is 3.55. The molecular formula is C16H20N2O8. The second-order valence-corrected chi connectivity index (χ2v) is 5.26. The monoisotopic (exact) mass is 368 g/mol. The van der Waals surface area contributed by atoms with Crippen molar-refractivity contribution in [3.8, 4) is 0 Å². The topological polar surface area (TPSA) is 139 Å². The largest absolute Gasteiger partial charge is 0.466 e. The standard InChI is InChI=1S/C16H20N2O8/c1-3-25-15(19)7-5-6-13(16(20)26-4-2)12-9-8-11(17(21)22)10-14(12)18(23)24/h8-10,13H,3-7H2,1-2H3. The van der Waals surface area contributed by atoms with Crippen LogP contribution in [-0.4, -0.2) is 35.0 Å². The maximum Gasteiger partial charge on any atom is 0.313 e. The first-order valence-corrected chi connectivity index (χ1v) is 8.06. The number of esters is 2. The lowest BCUT2D eigenvalue weighted by molar-refractivity contribution is -0.394. The second kappa shape index (κ2) is 10.1. The van der Waals surface area contributed by atoms with Crippen molar-refractivity contribution >= 4 is 23.3 Å². The van der Waals surface area contributed by atoms with Gasteiger partial charge in [0.25, 0.3) is 11.4 Å². The molecule has 1 rings (SSSR count). The van der Waals surface area contributed by atoms with Crippen molar-refractivity contribution in [2.75, 3.05) is 13.2 Å². The smallest absolute Gasteiger partial charge is 0.313 e. The minimum absolute atomic E-state index is 0.0166. The first kappa shape index (κ1) is 21.0. The molecular weight excluding hydrogens is 348 g/mol. The van der Waals surface area contributed by atoms with Gasteiger partial charge in [-0.25, -0.2) is 0 Å². The maximum atomic E-state index is 12.2. The summed E-state index contributed by atoms with van der Waals surface area (Å²) in [4.78, 5) is 44.3. The number of nitro groups is 2. The molecule has 0 saturated heterocycles. The molecule has 142 valence electrons. The van der Waals surface area contributed by atoms with E-state index in [0.29, 0.717) is 0 Å². The Labute approximate surface area is 149 Å². The molecule has 0 saturated carbocycles. The summed E-state index contributed by atoms with van der Waals surface area (Å²) in [5.74, 6) is -2.13. The fraction of sp³-hybridized carbons (Fsp3) is 0.500. The number of carbonyl (C=O) groups is 2. The van der Waals surface area contributed by atoms with Crippen LogP contribution in [0.5, 0.6) is 0 Å². The van der Waals surface area contributed by atoms with E-state index < -0.39 is 39.1 Å². The highest BCUT2D eigenvalue weighted by atomic mass is 16.6. The molecule has 1 aromatic carbocycles. The summed E-state index contributed by atoms with van der Waals surface area (Å²) in [7, 11) is 0. The van der Waals surface area contributed by atoms with Crippen LogP contribution in [0.25, 0.3) is 0 Å². The Morgan fingerprint density at radius 3 is 2.27 bits per heavy atom. The molecule has 0 bridgehead atoms. The van der Waals surface area contributed by atoms with Crippen LogP contribution < -0.4 is 0 Å². The zero-order chi connectivity index (χ0) is 19.7. The van der Waals surface area contributed by atoms with E-state index in [0.717, 1.165) is 12.1 Å². The molecule has 1 atom stereocenters. The van der Waals surface area contributed by atoms with Crippen molar-refractivity contribution in [2.45, 2.75) is 39.0 Å². The van der Waals surface area contributed by atoms with Gasteiger partial charge in [-0.05, 0) is 32.8 Å². The Bertz CT molecular complexity index is 689. The predicted molar refractivity (Wildman–Crippen MR) is 89.6 cm³/mol. The Kier molecular flexibility index (Phi) is 8.13. The summed E-state index contributed by atoms with van der Waals surface area (Å²) >= 11 is 0. The Morgan fingerprint density at radius 1 is 1.08 bits per heavy atom. The summed E-state index contributed by atoms with van der Waals surface area (Å²) in [5.41, 5.74) is -0.967. The van der Waals surface area contributed by atoms with Crippen LogP contribution in [0.2, 0.25) is 0 Å². The summed E-state index contributed by atoms with van der Waals surface area (Å²) in [6, 6.07) is 3.09. The zero-order valence-electron chi connectivity index (χ0n) is 14.5. The average molecular weight is 368 g/mol. The third kappa shape index (κ3) is 5.80. The number of hydrogen-bond acceptors (Lipinski definition) is 8. The SMILES string of the molecule is CCOC(=O)CCCC(C(=O)OCC)c1ccc([N+](=O)[O-])cc1[N+](=O)[O-]. The van der Waals surface area contributed by atoms with Gasteiger partial charge < -0.3 is 9.47 Å². The van der Waals surface area contributed by atoms with Gasteiger partial charge in [0.2, 0.25) is 0 Å². The molecule has 1 unspecified atom stereocenters. The van der Waals surface area contributed by atoms with Crippen LogP contribution in [0.15, 0.2) is 18.2 Å². The van der Waals surface area contributed by atoms with Crippen LogP contribution in [0.1, 0.15) is 44.6 Å². The van der Waals surface area contributed by atoms with Gasteiger partial charge in [-0.1, -0.05) is 0 Å². The number of hydrogen-bond donors (Lipinski definition) is 0. The van der Waals surface area contributed by atoms with Gasteiger partial charge in [-0.3, -0.25) is 29.8 Å². The van der Waals surface area contributed by atoms with E-state index in [2.05, 4.69) is 0 Å². The van der Waals surface area contributed by atoms with E-state index in [1.165, 1.54) is 6.07 Å². The Morgan fingerprint density at radius 2 is 1.73 bits per heavy atom. The summed E-state index contributed by atoms with van der Waals surface area (Å²) in [5, 5.41) is 22.1. The molecule has 0 radical (unpaired) electrons. The molecule has 0 fully saturated rings. The number of rotatable bonds is 10. The number of nitro benzene ring substituents is 2. The maximum absolute atomic E-state index is 12.2. The molecule has 0 aromatic heterocycles. The molecule has 0 spiro atoms. The molecule has 0 heterocycles. The second-order valence-electron chi connectivity index (χ2n) is 5.26. The van der Waals surface area contributed by atoms with Gasteiger partial charge in [0, 0.05) is 18.1 Å². The van der Waals surface area contributed by atoms with Gasteiger partial charge in [0.15, 0.2) is 0 Å². The first-order valence-electron chi connectivity index (χ1n) is 8.06. The van der Waals surface area contributed by atoms with Crippen LogP contribution in [0, 0.1) is 20.2 Å². The van der Waals surface area contributed by atoms with Gasteiger partial charge in [-0.2, -0.15) is 0 Å². The normalized spacial score (nSPS) is 11.5. The van der Waals surface area contributed by atoms with Crippen LogP contribution in [0.4, 0.5) is 11.4 Å². The lowest BCUT2D eigenvalue weighted by Crippen LogP contribution is -2.18. The number of benzene rings is 1. The number of nitrogens with zero attached hydrogens (tertiary/aromatic N) is 2. The Hall–Kier alpha value is -3.04. The van der Waals surface area contributed by atoms with E-state index in [9.17, 15) is 29.8 Å². The van der Waals surface area contributed by atoms with Crippen molar-refractivity contribution in [3.05, 3.63) is 44.0 Å². The third-order valence-electron chi connectivity index (χ3n) is 3.55. The molecule has 0 aliphatic rings. The van der Waals surface area contributed by atoms with Crippen molar-refractivity contribution in [1.82, 2.24) is 0 Å². The highest BCUT2D eigenvalue weighted by Crippen LogP contribution is 2.34. The lowest BCUT2D eigenvalue weighted by atomic mass is 9.92. The van der Waals surface area contributed by atoms with Crippen LogP contribution >= 0.6 is 0 Å². The number of non-ortho nitro benzene ring substituents is 1. The predicted octanol–water partition coefficient (Wildman–Crippen LogP) is 2.88. The summed E-state index contributed by atoms with van der Waals surface area (Å²) < 4.78 is 9.77. The summed E-state index contributed by atoms with van der Waals surface area (Å²) in [6.07, 6.45) is 0.400. The molecule has 1 aromatic rings. The fourth-order valence-electron chi connectivity index (χ4n) is 2.43. The van der Waals surface area contributed by atoms with Crippen molar-refractivity contribution in [1.29, 1.82) is 0 Å². The molecule has 0 aliphatic heterocycles. The van der Waals surface area contributed by atoms with E-state index in [4.69, 9.17) is 9.47 Å². The lowest BCUT2D eigenvalue weighted by Gasteiger charge is -2.16. The molecule has 26 heavy (non-hydrogen) atoms. The number of ether oxygens (including phenoxy) is 2. The van der Waals surface area contributed by atoms with Gasteiger partial charge >= 0.3 is 11.9 Å². The average Bonchev–Trinajstić information content (AvgIpc) is 2.58. The van der Waals surface area contributed by atoms with Crippen LogP contribution in [0.3, 0.4) is 0 Å². The zero-order valence-corrected chi connectivity index (χ0v) is 14.5. The minimum Gasteiger partial charge on any atom is -0.466 e. The van der Waals surface area contributed by atoms with Gasteiger partial charge in [0.1, 0.15) is 0 Å². The van der Waals surface area contributed by atoms with Crippen molar-refractivity contribution in [2.24, 2.45) is 0 Å². The molecule has 0 N–H and O–H groups in total. The van der Waals surface area contributed by atoms with Crippen molar-refractivity contribution < 1.29 is 28.9 Å². The van der Waals surface area contributed by atoms with Crippen LogP contribution in [-0.2, 0) is 19.1 Å². The van der Waals surface area contributed by atoms with Gasteiger partial charge in [-0.15, -0.1) is 0 Å². The van der Waals surface area contributed by atoms with E-state index >= 15 is 0 Å². The first-order chi connectivity index (χ1) is 12.3. The molecule has 10 nitrogen and oxygen atoms in total. The number of carbonyl (C=O) groups excluding carboxylic acids is 2. The quantitative estimate of drug-likeness (QED) is 0.349. The molecule has 10 heteroatoms. The van der Waals surface area contributed by atoms with Crippen molar-refractivity contribution in [3.63, 3.8) is 0 Å². The fourth-order valence-corrected chi connectivity index (χ4v) is 2.43. The highest BCUT2D eigenvalue weighted by Gasteiger charge is 2.31. The summed E-state index contributed by atoms with van der Waals surface area (Å²) in [6.45, 7) is 3.57. The Balaban J connectivity index is 3.13. The molecule has 0 amide bonds. The van der Waals surface area contributed by atoms with E-state index in [1.807, 2.05) is 0 Å². The van der Waals surface area contributed by atoms with E-state index in [-0.39, 0.29) is 38.0 Å². The van der Waals surface area contributed by atoms with E-state index in [1.54, 1.807) is 13.8 Å².